The maximum atomic E-state index is 11.2. The third kappa shape index (κ3) is 4.34. The van der Waals surface area contributed by atoms with Crippen LogP contribution in [0.3, 0.4) is 0 Å². The number of hydrogen-bond donors (Lipinski definition) is 1. The van der Waals surface area contributed by atoms with Crippen molar-refractivity contribution in [3.8, 4) is 5.75 Å². The summed E-state index contributed by atoms with van der Waals surface area (Å²) < 4.78 is 6.64. The van der Waals surface area contributed by atoms with Crippen molar-refractivity contribution in [1.82, 2.24) is 4.90 Å². The Balaban J connectivity index is 1.56. The Morgan fingerprint density at radius 3 is 2.33 bits per heavy atom. The van der Waals surface area contributed by atoms with E-state index in [0.29, 0.717) is 18.5 Å². The number of likely N-dealkylation sites (tertiary alicyclic amines) is 1. The summed E-state index contributed by atoms with van der Waals surface area (Å²) in [5.74, 6) is 0.833. The molecule has 1 N–H and O–H groups in total. The Kier molecular flexibility index (Phi) is 5.80. The van der Waals surface area contributed by atoms with Gasteiger partial charge in [-0.3, -0.25) is 9.69 Å². The van der Waals surface area contributed by atoms with Gasteiger partial charge in [-0.1, -0.05) is 45.0 Å². The summed E-state index contributed by atoms with van der Waals surface area (Å²) in [5, 5.41) is 11.7. The van der Waals surface area contributed by atoms with Gasteiger partial charge >= 0.3 is 5.97 Å². The first kappa shape index (κ1) is 21.2. The second kappa shape index (κ2) is 8.22. The molecule has 0 aromatic heterocycles. The van der Waals surface area contributed by atoms with Crippen molar-refractivity contribution in [3.63, 3.8) is 0 Å². The topological polar surface area (TPSA) is 49.8 Å². The van der Waals surface area contributed by atoms with E-state index in [0.717, 1.165) is 31.1 Å². The van der Waals surface area contributed by atoms with Crippen molar-refractivity contribution < 1.29 is 14.6 Å². The highest BCUT2D eigenvalue weighted by molar-refractivity contribution is 5.90. The van der Waals surface area contributed by atoms with Crippen LogP contribution in [0, 0.1) is 24.2 Å². The molecule has 0 amide bonds. The van der Waals surface area contributed by atoms with Crippen LogP contribution >= 0.6 is 0 Å². The Labute approximate surface area is 180 Å². The lowest BCUT2D eigenvalue weighted by atomic mass is 9.72. The molecule has 1 aliphatic heterocycles. The van der Waals surface area contributed by atoms with Crippen LogP contribution in [0.15, 0.2) is 30.3 Å². The summed E-state index contributed by atoms with van der Waals surface area (Å²) in [6, 6.07) is 10.7. The first-order valence-electron chi connectivity index (χ1n) is 11.4. The normalized spacial score (nSPS) is 23.3. The van der Waals surface area contributed by atoms with Crippen LogP contribution in [0.2, 0.25) is 0 Å². The number of hydrogen-bond acceptors (Lipinski definition) is 3. The number of fused-ring (bicyclic) bond motifs is 1. The third-order valence-corrected chi connectivity index (χ3v) is 7.20. The minimum absolute atomic E-state index is 0.237. The summed E-state index contributed by atoms with van der Waals surface area (Å²) >= 11 is 0. The Bertz CT molecular complexity index is 916. The van der Waals surface area contributed by atoms with Crippen molar-refractivity contribution in [2.45, 2.75) is 66.0 Å². The number of carbonyl (C=O) groups is 1. The van der Waals surface area contributed by atoms with Gasteiger partial charge in [-0.15, -0.1) is 0 Å². The molecule has 2 aliphatic rings. The lowest BCUT2D eigenvalue weighted by molar-refractivity contribution is -0.147. The van der Waals surface area contributed by atoms with Gasteiger partial charge in [-0.2, -0.15) is 0 Å². The van der Waals surface area contributed by atoms with Crippen LogP contribution in [-0.2, 0) is 11.3 Å². The third-order valence-electron chi connectivity index (χ3n) is 7.20. The second-order valence-corrected chi connectivity index (χ2v) is 10.4. The summed E-state index contributed by atoms with van der Waals surface area (Å²) in [6.45, 7) is 11.2. The van der Waals surface area contributed by atoms with E-state index in [9.17, 15) is 9.90 Å². The maximum absolute atomic E-state index is 11.2. The van der Waals surface area contributed by atoms with Crippen LogP contribution in [0.25, 0.3) is 10.8 Å². The van der Waals surface area contributed by atoms with Gasteiger partial charge in [-0.25, -0.2) is 0 Å². The van der Waals surface area contributed by atoms with E-state index in [4.69, 9.17) is 4.74 Å². The van der Waals surface area contributed by atoms with Crippen LogP contribution in [0.1, 0.15) is 57.6 Å². The zero-order chi connectivity index (χ0) is 21.5. The molecule has 162 valence electrons. The highest BCUT2D eigenvalue weighted by Crippen LogP contribution is 2.40. The zero-order valence-electron chi connectivity index (χ0n) is 18.8. The van der Waals surface area contributed by atoms with Crippen LogP contribution in [-0.4, -0.2) is 35.2 Å². The molecule has 4 nitrogen and oxygen atoms in total. The standard InChI is InChI=1S/C26H35NO3/c1-17-13-24(30-20-11-9-19(10-12-20)26(2,3)4)23(22-8-6-5-7-21(17)22)16-27-14-18(15-27)25(28)29/h5-8,13,18-20H,9-12,14-16H2,1-4H3,(H,28,29)/t19-,20-. The van der Waals surface area contributed by atoms with Gasteiger partial charge in [0.25, 0.3) is 0 Å². The Hall–Kier alpha value is -2.07. The molecule has 0 unspecified atom stereocenters. The number of nitrogens with zero attached hydrogens (tertiary/aromatic N) is 1. The van der Waals surface area contributed by atoms with Crippen molar-refractivity contribution in [1.29, 1.82) is 0 Å². The second-order valence-electron chi connectivity index (χ2n) is 10.4. The lowest BCUT2D eigenvalue weighted by Crippen LogP contribution is -2.49. The molecule has 1 saturated carbocycles. The number of aryl methyl sites for hydroxylation is 1. The fraction of sp³-hybridized carbons (Fsp3) is 0.577. The average molecular weight is 410 g/mol. The van der Waals surface area contributed by atoms with Gasteiger partial charge in [0.15, 0.2) is 0 Å². The number of carboxylic acid groups (broad SMARTS) is 1. The van der Waals surface area contributed by atoms with E-state index in [1.54, 1.807) is 0 Å². The molecule has 2 fully saturated rings. The molecule has 0 radical (unpaired) electrons. The molecule has 30 heavy (non-hydrogen) atoms. The predicted octanol–water partition coefficient (Wildman–Crippen LogP) is 5.65. The minimum Gasteiger partial charge on any atom is -0.490 e. The van der Waals surface area contributed by atoms with E-state index in [1.807, 2.05) is 0 Å². The molecule has 1 saturated heterocycles. The molecule has 4 heteroatoms. The number of aliphatic carboxylic acids is 1. The molecule has 0 bridgehead atoms. The van der Waals surface area contributed by atoms with Crippen molar-refractivity contribution in [2.75, 3.05) is 13.1 Å². The first-order chi connectivity index (χ1) is 14.2. The molecule has 0 spiro atoms. The van der Waals surface area contributed by atoms with E-state index in [-0.39, 0.29) is 12.0 Å². The van der Waals surface area contributed by atoms with E-state index in [2.05, 4.69) is 62.9 Å². The molecule has 1 heterocycles. The number of benzene rings is 2. The molecular weight excluding hydrogens is 374 g/mol. The van der Waals surface area contributed by atoms with E-state index >= 15 is 0 Å². The largest absolute Gasteiger partial charge is 0.490 e. The molecule has 2 aromatic rings. The van der Waals surface area contributed by atoms with Gasteiger partial charge in [0.2, 0.25) is 0 Å². The summed E-state index contributed by atoms with van der Waals surface area (Å²) in [7, 11) is 0. The summed E-state index contributed by atoms with van der Waals surface area (Å²) in [6.07, 6.45) is 4.94. The summed E-state index contributed by atoms with van der Waals surface area (Å²) in [4.78, 5) is 13.4. The van der Waals surface area contributed by atoms with Gasteiger partial charge in [0.05, 0.1) is 12.0 Å². The monoisotopic (exact) mass is 409 g/mol. The van der Waals surface area contributed by atoms with Gasteiger partial charge in [0, 0.05) is 25.2 Å². The van der Waals surface area contributed by atoms with Gasteiger partial charge in [0.1, 0.15) is 5.75 Å². The van der Waals surface area contributed by atoms with Crippen LogP contribution in [0.4, 0.5) is 0 Å². The zero-order valence-corrected chi connectivity index (χ0v) is 18.8. The average Bonchev–Trinajstić information content (AvgIpc) is 2.65. The maximum Gasteiger partial charge on any atom is 0.309 e. The number of rotatable bonds is 5. The van der Waals surface area contributed by atoms with Crippen LogP contribution < -0.4 is 4.74 Å². The lowest BCUT2D eigenvalue weighted by Gasteiger charge is -2.38. The first-order valence-corrected chi connectivity index (χ1v) is 11.4. The molecular formula is C26H35NO3. The Morgan fingerprint density at radius 2 is 1.73 bits per heavy atom. The quantitative estimate of drug-likeness (QED) is 0.693. The number of ether oxygens (including phenoxy) is 1. The highest BCUT2D eigenvalue weighted by atomic mass is 16.5. The highest BCUT2D eigenvalue weighted by Gasteiger charge is 2.34. The smallest absolute Gasteiger partial charge is 0.309 e. The Morgan fingerprint density at radius 1 is 1.10 bits per heavy atom. The van der Waals surface area contributed by atoms with Crippen LogP contribution in [0.5, 0.6) is 5.75 Å². The molecule has 1 aliphatic carbocycles. The van der Waals surface area contributed by atoms with Gasteiger partial charge in [-0.05, 0) is 66.3 Å². The van der Waals surface area contributed by atoms with E-state index in [1.165, 1.54) is 34.7 Å². The van der Waals surface area contributed by atoms with Gasteiger partial charge < -0.3 is 9.84 Å². The van der Waals surface area contributed by atoms with Crippen molar-refractivity contribution in [2.24, 2.45) is 17.3 Å². The van der Waals surface area contributed by atoms with E-state index < -0.39 is 5.97 Å². The fourth-order valence-corrected chi connectivity index (χ4v) is 5.16. The fourth-order valence-electron chi connectivity index (χ4n) is 5.16. The molecule has 2 aromatic carbocycles. The SMILES string of the molecule is Cc1cc(O[C@H]2CC[C@H](C(C)(C)C)CC2)c(CN2CC(C(=O)O)C2)c2ccccc12. The number of carboxylic acids is 1. The van der Waals surface area contributed by atoms with Crippen molar-refractivity contribution >= 4 is 16.7 Å². The minimum atomic E-state index is -0.688. The molecule has 4 rings (SSSR count). The predicted molar refractivity (Wildman–Crippen MR) is 121 cm³/mol. The molecule has 0 atom stereocenters. The van der Waals surface area contributed by atoms with Crippen molar-refractivity contribution in [3.05, 3.63) is 41.5 Å². The summed E-state index contributed by atoms with van der Waals surface area (Å²) in [5.41, 5.74) is 2.81.